The fourth-order valence-electron chi connectivity index (χ4n) is 3.14. The predicted octanol–water partition coefficient (Wildman–Crippen LogP) is 5.21. The summed E-state index contributed by atoms with van der Waals surface area (Å²) in [5, 5.41) is 0.864. The van der Waals surface area contributed by atoms with E-state index in [1.807, 2.05) is 38.1 Å². The molecule has 2 aromatic rings. The zero-order valence-corrected chi connectivity index (χ0v) is 13.3. The van der Waals surface area contributed by atoms with Gasteiger partial charge in [0.25, 0.3) is 0 Å². The molecule has 0 fully saturated rings. The summed E-state index contributed by atoms with van der Waals surface area (Å²) in [6, 6.07) is 7.83. The summed E-state index contributed by atoms with van der Waals surface area (Å²) in [6.45, 7) is 4.06. The molecule has 1 aliphatic carbocycles. The van der Waals surface area contributed by atoms with Crippen LogP contribution in [0.3, 0.4) is 0 Å². The number of benzene rings is 2. The van der Waals surface area contributed by atoms with Gasteiger partial charge in [0.15, 0.2) is 0 Å². The van der Waals surface area contributed by atoms with Crippen LogP contribution in [0.5, 0.6) is 11.5 Å². The minimum Gasteiger partial charge on any atom is -0.457 e. The Hall–Kier alpha value is -1.67. The topological polar surface area (TPSA) is 35.2 Å². The van der Waals surface area contributed by atoms with Crippen LogP contribution in [0.1, 0.15) is 35.1 Å². The van der Waals surface area contributed by atoms with Gasteiger partial charge in [0, 0.05) is 10.7 Å². The number of hydrogen-bond acceptors (Lipinski definition) is 2. The largest absolute Gasteiger partial charge is 0.457 e. The van der Waals surface area contributed by atoms with Crippen LogP contribution in [0.4, 0.5) is 5.69 Å². The second kappa shape index (κ2) is 5.61. The van der Waals surface area contributed by atoms with Gasteiger partial charge in [-0.25, -0.2) is 0 Å². The third kappa shape index (κ3) is 2.73. The first-order valence-electron chi connectivity index (χ1n) is 7.41. The summed E-state index contributed by atoms with van der Waals surface area (Å²) in [6.07, 6.45) is 4.49. The van der Waals surface area contributed by atoms with Crippen LogP contribution in [-0.4, -0.2) is 0 Å². The summed E-state index contributed by atoms with van der Waals surface area (Å²) < 4.78 is 6.23. The van der Waals surface area contributed by atoms with Crippen molar-refractivity contribution in [2.75, 3.05) is 5.73 Å². The SMILES string of the molecule is Cc1cc(N)cc(C)c1Oc1ccc(Cl)c2c1CCCC2. The van der Waals surface area contributed by atoms with E-state index in [0.717, 1.165) is 46.2 Å². The molecular formula is C18H20ClNO. The molecule has 0 amide bonds. The normalized spacial score (nSPS) is 13.9. The first kappa shape index (κ1) is 14.3. The molecule has 3 rings (SSSR count). The summed E-state index contributed by atoms with van der Waals surface area (Å²) in [5.41, 5.74) is 11.3. The van der Waals surface area contributed by atoms with Crippen LogP contribution in [0, 0.1) is 13.8 Å². The lowest BCUT2D eigenvalue weighted by Gasteiger charge is -2.22. The molecule has 0 unspecified atom stereocenters. The van der Waals surface area contributed by atoms with Crippen molar-refractivity contribution in [3.8, 4) is 11.5 Å². The minimum atomic E-state index is 0.774. The molecule has 0 heterocycles. The smallest absolute Gasteiger partial charge is 0.133 e. The average Bonchev–Trinajstić information content (AvgIpc) is 2.45. The molecule has 2 N–H and O–H groups in total. The number of halogens is 1. The zero-order valence-electron chi connectivity index (χ0n) is 12.5. The number of nitrogens with two attached hydrogens (primary N) is 1. The van der Waals surface area contributed by atoms with E-state index in [9.17, 15) is 0 Å². The van der Waals surface area contributed by atoms with E-state index in [0.29, 0.717) is 0 Å². The molecule has 21 heavy (non-hydrogen) atoms. The first-order chi connectivity index (χ1) is 10.1. The standard InChI is InChI=1S/C18H20ClNO/c1-11-9-13(20)10-12(2)18(11)21-17-8-7-16(19)14-5-3-4-6-15(14)17/h7-10H,3-6,20H2,1-2H3. The van der Waals surface area contributed by atoms with Gasteiger partial charge in [-0.2, -0.15) is 0 Å². The van der Waals surface area contributed by atoms with Gasteiger partial charge in [0.1, 0.15) is 11.5 Å². The van der Waals surface area contributed by atoms with Gasteiger partial charge in [-0.3, -0.25) is 0 Å². The van der Waals surface area contributed by atoms with Gasteiger partial charge < -0.3 is 10.5 Å². The summed E-state index contributed by atoms with van der Waals surface area (Å²) in [7, 11) is 0. The molecule has 1 aliphatic rings. The molecule has 0 saturated heterocycles. The third-order valence-corrected chi connectivity index (χ3v) is 4.48. The molecule has 0 radical (unpaired) electrons. The van der Waals surface area contributed by atoms with E-state index >= 15 is 0 Å². The van der Waals surface area contributed by atoms with Gasteiger partial charge in [-0.15, -0.1) is 0 Å². The Morgan fingerprint density at radius 3 is 2.29 bits per heavy atom. The molecule has 0 saturated carbocycles. The Morgan fingerprint density at radius 2 is 1.62 bits per heavy atom. The maximum atomic E-state index is 6.33. The Kier molecular flexibility index (Phi) is 3.81. The number of fused-ring (bicyclic) bond motifs is 1. The van der Waals surface area contributed by atoms with Crippen molar-refractivity contribution in [2.45, 2.75) is 39.5 Å². The number of anilines is 1. The van der Waals surface area contributed by atoms with E-state index in [1.165, 1.54) is 24.0 Å². The Morgan fingerprint density at radius 1 is 1.00 bits per heavy atom. The van der Waals surface area contributed by atoms with E-state index in [-0.39, 0.29) is 0 Å². The van der Waals surface area contributed by atoms with E-state index in [4.69, 9.17) is 22.1 Å². The molecule has 2 aromatic carbocycles. The number of hydrogen-bond donors (Lipinski definition) is 1. The third-order valence-electron chi connectivity index (χ3n) is 4.13. The number of ether oxygens (including phenoxy) is 1. The molecule has 110 valence electrons. The Bertz CT molecular complexity index is 671. The van der Waals surface area contributed by atoms with Crippen molar-refractivity contribution in [3.63, 3.8) is 0 Å². The lowest BCUT2D eigenvalue weighted by molar-refractivity contribution is 0.463. The molecule has 0 spiro atoms. The maximum Gasteiger partial charge on any atom is 0.133 e. The van der Waals surface area contributed by atoms with Gasteiger partial charge in [-0.1, -0.05) is 11.6 Å². The van der Waals surface area contributed by atoms with Crippen molar-refractivity contribution in [1.82, 2.24) is 0 Å². The van der Waals surface area contributed by atoms with Crippen LogP contribution in [0.25, 0.3) is 0 Å². The first-order valence-corrected chi connectivity index (χ1v) is 7.79. The van der Waals surface area contributed by atoms with Crippen LogP contribution in [0.2, 0.25) is 5.02 Å². The highest BCUT2D eigenvalue weighted by Crippen LogP contribution is 2.38. The van der Waals surface area contributed by atoms with Crippen LogP contribution < -0.4 is 10.5 Å². The monoisotopic (exact) mass is 301 g/mol. The highest BCUT2D eigenvalue weighted by Gasteiger charge is 2.18. The van der Waals surface area contributed by atoms with Crippen LogP contribution >= 0.6 is 11.6 Å². The Labute approximate surface area is 130 Å². The van der Waals surface area contributed by atoms with E-state index in [2.05, 4.69) is 0 Å². The highest BCUT2D eigenvalue weighted by molar-refractivity contribution is 6.31. The predicted molar refractivity (Wildman–Crippen MR) is 88.5 cm³/mol. The molecule has 2 nitrogen and oxygen atoms in total. The van der Waals surface area contributed by atoms with Crippen molar-refractivity contribution >= 4 is 17.3 Å². The number of rotatable bonds is 2. The zero-order chi connectivity index (χ0) is 15.0. The van der Waals surface area contributed by atoms with Crippen molar-refractivity contribution in [2.24, 2.45) is 0 Å². The number of aryl methyl sites for hydroxylation is 2. The average molecular weight is 302 g/mol. The summed E-state index contributed by atoms with van der Waals surface area (Å²) in [4.78, 5) is 0. The van der Waals surface area contributed by atoms with Gasteiger partial charge in [-0.05, 0) is 86.1 Å². The van der Waals surface area contributed by atoms with Gasteiger partial charge >= 0.3 is 0 Å². The minimum absolute atomic E-state index is 0.774. The molecule has 0 atom stereocenters. The number of nitrogen functional groups attached to an aromatic ring is 1. The van der Waals surface area contributed by atoms with Crippen LogP contribution in [0.15, 0.2) is 24.3 Å². The molecule has 0 aliphatic heterocycles. The van der Waals surface area contributed by atoms with E-state index in [1.54, 1.807) is 0 Å². The van der Waals surface area contributed by atoms with Crippen molar-refractivity contribution in [3.05, 3.63) is 51.5 Å². The molecular weight excluding hydrogens is 282 g/mol. The van der Waals surface area contributed by atoms with Gasteiger partial charge in [0.2, 0.25) is 0 Å². The summed E-state index contributed by atoms with van der Waals surface area (Å²) in [5.74, 6) is 1.84. The fraction of sp³-hybridized carbons (Fsp3) is 0.333. The lowest BCUT2D eigenvalue weighted by Crippen LogP contribution is -2.06. The lowest BCUT2D eigenvalue weighted by atomic mass is 9.91. The maximum absolute atomic E-state index is 6.33. The molecule has 0 aromatic heterocycles. The second-order valence-corrected chi connectivity index (χ2v) is 6.20. The molecule has 0 bridgehead atoms. The molecule has 3 heteroatoms. The Balaban J connectivity index is 2.03. The van der Waals surface area contributed by atoms with Crippen LogP contribution in [-0.2, 0) is 12.8 Å². The fourth-order valence-corrected chi connectivity index (χ4v) is 3.41. The van der Waals surface area contributed by atoms with Crippen molar-refractivity contribution in [1.29, 1.82) is 0 Å². The quantitative estimate of drug-likeness (QED) is 0.773. The summed E-state index contributed by atoms with van der Waals surface area (Å²) >= 11 is 6.33. The van der Waals surface area contributed by atoms with E-state index < -0.39 is 0 Å². The van der Waals surface area contributed by atoms with Gasteiger partial charge in [0.05, 0.1) is 0 Å². The highest BCUT2D eigenvalue weighted by atomic mass is 35.5. The second-order valence-electron chi connectivity index (χ2n) is 5.80. The van der Waals surface area contributed by atoms with Crippen molar-refractivity contribution < 1.29 is 4.74 Å².